The number of furan rings is 1. The van der Waals surface area contributed by atoms with Gasteiger partial charge >= 0.3 is 0 Å². The van der Waals surface area contributed by atoms with Crippen LogP contribution in [0.25, 0.3) is 0 Å². The van der Waals surface area contributed by atoms with Gasteiger partial charge in [0.15, 0.2) is 0 Å². The molecule has 0 aliphatic heterocycles. The molecule has 0 fully saturated rings. The van der Waals surface area contributed by atoms with Crippen molar-refractivity contribution in [1.82, 2.24) is 4.90 Å². The van der Waals surface area contributed by atoms with Crippen LogP contribution in [0.3, 0.4) is 0 Å². The van der Waals surface area contributed by atoms with Gasteiger partial charge in [-0.05, 0) is 32.0 Å². The molecule has 4 heteroatoms. The fraction of sp³-hybridized carbons (Fsp3) is 0.714. The topological polar surface area (TPSA) is 51.6 Å². The summed E-state index contributed by atoms with van der Waals surface area (Å²) in [6.45, 7) is 8.02. The Morgan fingerprint density at radius 3 is 2.61 bits per heavy atom. The van der Waals surface area contributed by atoms with Gasteiger partial charge in [0.25, 0.3) is 0 Å². The molecule has 0 spiro atoms. The molecule has 0 aromatic carbocycles. The Morgan fingerprint density at radius 2 is 2.17 bits per heavy atom. The third-order valence-electron chi connectivity index (χ3n) is 3.41. The molecule has 0 aliphatic rings. The van der Waals surface area contributed by atoms with E-state index in [-0.39, 0.29) is 12.1 Å². The lowest BCUT2D eigenvalue weighted by molar-refractivity contribution is 0.0546. The van der Waals surface area contributed by atoms with Crippen LogP contribution < -0.4 is 5.73 Å². The number of nitrogens with zero attached hydrogens (tertiary/aromatic N) is 1. The van der Waals surface area contributed by atoms with E-state index in [1.165, 1.54) is 0 Å². The van der Waals surface area contributed by atoms with Crippen molar-refractivity contribution in [2.45, 2.75) is 45.3 Å². The van der Waals surface area contributed by atoms with E-state index in [1.807, 2.05) is 12.1 Å². The van der Waals surface area contributed by atoms with E-state index < -0.39 is 0 Å². The number of ether oxygens (including phenoxy) is 1. The first-order valence-electron chi connectivity index (χ1n) is 6.69. The molecule has 104 valence electrons. The van der Waals surface area contributed by atoms with Gasteiger partial charge in [0.2, 0.25) is 0 Å². The molecule has 1 heterocycles. The first-order valence-corrected chi connectivity index (χ1v) is 6.69. The summed E-state index contributed by atoms with van der Waals surface area (Å²) in [4.78, 5) is 2.34. The highest BCUT2D eigenvalue weighted by atomic mass is 16.5. The Kier molecular flexibility index (Phi) is 6.39. The number of rotatable bonds is 8. The van der Waals surface area contributed by atoms with Gasteiger partial charge in [0.1, 0.15) is 5.76 Å². The summed E-state index contributed by atoms with van der Waals surface area (Å²) in [6, 6.07) is 4.41. The molecular formula is C14H26N2O2. The molecule has 0 aliphatic carbocycles. The zero-order valence-corrected chi connectivity index (χ0v) is 11.9. The van der Waals surface area contributed by atoms with E-state index >= 15 is 0 Å². The maximum atomic E-state index is 6.28. The lowest BCUT2D eigenvalue weighted by atomic mass is 10.0. The monoisotopic (exact) mass is 254 g/mol. The lowest BCUT2D eigenvalue weighted by Crippen LogP contribution is -2.46. The van der Waals surface area contributed by atoms with Crippen molar-refractivity contribution in [1.29, 1.82) is 0 Å². The van der Waals surface area contributed by atoms with Gasteiger partial charge in [0, 0.05) is 19.2 Å². The Labute approximate surface area is 110 Å². The second-order valence-corrected chi connectivity index (χ2v) is 4.67. The lowest BCUT2D eigenvalue weighted by Gasteiger charge is -2.37. The van der Waals surface area contributed by atoms with Crippen molar-refractivity contribution in [3.8, 4) is 0 Å². The first kappa shape index (κ1) is 15.2. The van der Waals surface area contributed by atoms with Crippen molar-refractivity contribution >= 4 is 0 Å². The summed E-state index contributed by atoms with van der Waals surface area (Å²) >= 11 is 0. The van der Waals surface area contributed by atoms with Gasteiger partial charge in [-0.1, -0.05) is 13.8 Å². The molecule has 3 unspecified atom stereocenters. The normalized spacial score (nSPS) is 16.8. The Morgan fingerprint density at radius 1 is 1.44 bits per heavy atom. The van der Waals surface area contributed by atoms with Crippen LogP contribution >= 0.6 is 0 Å². The highest BCUT2D eigenvalue weighted by molar-refractivity contribution is 5.08. The van der Waals surface area contributed by atoms with E-state index in [1.54, 1.807) is 13.4 Å². The summed E-state index contributed by atoms with van der Waals surface area (Å²) in [5.41, 5.74) is 6.28. The first-order chi connectivity index (χ1) is 8.65. The number of nitrogens with two attached hydrogens (primary N) is 1. The van der Waals surface area contributed by atoms with Gasteiger partial charge in [0.05, 0.1) is 18.9 Å². The Hall–Kier alpha value is -0.840. The number of methoxy groups -OCH3 is 1. The largest absolute Gasteiger partial charge is 0.468 e. The summed E-state index contributed by atoms with van der Waals surface area (Å²) in [7, 11) is 1.73. The van der Waals surface area contributed by atoms with Crippen molar-refractivity contribution in [2.24, 2.45) is 5.73 Å². The van der Waals surface area contributed by atoms with Gasteiger partial charge in [-0.15, -0.1) is 0 Å². The van der Waals surface area contributed by atoms with Crippen LogP contribution in [0.4, 0.5) is 0 Å². The molecule has 2 N–H and O–H groups in total. The maximum absolute atomic E-state index is 6.28. The average molecular weight is 254 g/mol. The van der Waals surface area contributed by atoms with Crippen LogP contribution in [0.1, 0.15) is 39.0 Å². The second kappa shape index (κ2) is 7.56. The zero-order chi connectivity index (χ0) is 13.5. The quantitative estimate of drug-likeness (QED) is 0.774. The molecule has 1 rings (SSSR count). The van der Waals surface area contributed by atoms with Gasteiger partial charge in [-0.25, -0.2) is 0 Å². The van der Waals surface area contributed by atoms with Crippen LogP contribution in [-0.2, 0) is 4.74 Å². The van der Waals surface area contributed by atoms with Crippen LogP contribution in [-0.4, -0.2) is 37.2 Å². The molecule has 0 saturated heterocycles. The average Bonchev–Trinajstić information content (AvgIpc) is 2.88. The Balaban J connectivity index is 2.93. The van der Waals surface area contributed by atoms with E-state index in [0.29, 0.717) is 12.6 Å². The fourth-order valence-corrected chi connectivity index (χ4v) is 2.42. The van der Waals surface area contributed by atoms with E-state index in [4.69, 9.17) is 14.9 Å². The van der Waals surface area contributed by atoms with Crippen LogP contribution in [0.2, 0.25) is 0 Å². The van der Waals surface area contributed by atoms with Crippen molar-refractivity contribution in [3.63, 3.8) is 0 Å². The summed E-state index contributed by atoms with van der Waals surface area (Å²) < 4.78 is 10.8. The summed E-state index contributed by atoms with van der Waals surface area (Å²) in [5.74, 6) is 0.939. The van der Waals surface area contributed by atoms with Crippen molar-refractivity contribution in [3.05, 3.63) is 24.2 Å². The number of hydrogen-bond donors (Lipinski definition) is 1. The SMILES string of the molecule is CCC(N)C(c1ccco1)N(CC)C(C)COC. The summed E-state index contributed by atoms with van der Waals surface area (Å²) in [6.07, 6.45) is 2.63. The molecule has 1 aromatic heterocycles. The van der Waals surface area contributed by atoms with E-state index in [9.17, 15) is 0 Å². The molecule has 0 radical (unpaired) electrons. The summed E-state index contributed by atoms with van der Waals surface area (Å²) in [5, 5.41) is 0. The highest BCUT2D eigenvalue weighted by Crippen LogP contribution is 2.27. The maximum Gasteiger partial charge on any atom is 0.122 e. The third-order valence-corrected chi connectivity index (χ3v) is 3.41. The standard InChI is InChI=1S/C14H26N2O2/c1-5-12(15)14(13-8-7-9-18-13)16(6-2)11(3)10-17-4/h7-9,11-12,14H,5-6,10,15H2,1-4H3. The highest BCUT2D eigenvalue weighted by Gasteiger charge is 2.30. The molecule has 18 heavy (non-hydrogen) atoms. The van der Waals surface area contributed by atoms with Gasteiger partial charge < -0.3 is 14.9 Å². The number of hydrogen-bond acceptors (Lipinski definition) is 4. The molecule has 0 bridgehead atoms. The molecule has 4 nitrogen and oxygen atoms in total. The molecule has 0 amide bonds. The Bertz CT molecular complexity index is 314. The van der Waals surface area contributed by atoms with Gasteiger partial charge in [-0.2, -0.15) is 0 Å². The third kappa shape index (κ3) is 3.57. The van der Waals surface area contributed by atoms with Crippen LogP contribution in [0, 0.1) is 0 Å². The van der Waals surface area contributed by atoms with E-state index in [0.717, 1.165) is 18.7 Å². The fourth-order valence-electron chi connectivity index (χ4n) is 2.42. The van der Waals surface area contributed by atoms with Crippen LogP contribution in [0.5, 0.6) is 0 Å². The molecule has 0 saturated carbocycles. The van der Waals surface area contributed by atoms with Gasteiger partial charge in [-0.3, -0.25) is 4.90 Å². The molecule has 3 atom stereocenters. The van der Waals surface area contributed by atoms with Crippen molar-refractivity contribution in [2.75, 3.05) is 20.3 Å². The molecule has 1 aromatic rings. The smallest absolute Gasteiger partial charge is 0.122 e. The molecular weight excluding hydrogens is 228 g/mol. The minimum atomic E-state index is 0.0652. The zero-order valence-electron chi connectivity index (χ0n) is 11.9. The minimum absolute atomic E-state index is 0.0652. The minimum Gasteiger partial charge on any atom is -0.468 e. The van der Waals surface area contributed by atoms with E-state index in [2.05, 4.69) is 25.7 Å². The second-order valence-electron chi connectivity index (χ2n) is 4.67. The number of likely N-dealkylation sites (N-methyl/N-ethyl adjacent to an activating group) is 1. The predicted octanol–water partition coefficient (Wildman–Crippen LogP) is 2.41. The predicted molar refractivity (Wildman–Crippen MR) is 73.4 cm³/mol. The van der Waals surface area contributed by atoms with Crippen LogP contribution in [0.15, 0.2) is 22.8 Å². The van der Waals surface area contributed by atoms with Crippen molar-refractivity contribution < 1.29 is 9.15 Å².